The molecule has 2 N–H and O–H groups in total. The molecule has 0 atom stereocenters. The van der Waals surface area contributed by atoms with Crippen LogP contribution in [-0.2, 0) is 0 Å². The minimum absolute atomic E-state index is 0.668. The summed E-state index contributed by atoms with van der Waals surface area (Å²) in [6.07, 6.45) is 1.10. The molecule has 0 unspecified atom stereocenters. The van der Waals surface area contributed by atoms with E-state index in [9.17, 15) is 0 Å². The van der Waals surface area contributed by atoms with E-state index in [0.29, 0.717) is 11.9 Å². The summed E-state index contributed by atoms with van der Waals surface area (Å²) in [5.41, 5.74) is 1.94. The molecule has 2 aromatic rings. The Morgan fingerprint density at radius 3 is 2.71 bits per heavy atom. The third-order valence-corrected chi connectivity index (χ3v) is 3.45. The van der Waals surface area contributed by atoms with E-state index in [0.717, 1.165) is 34.6 Å². The van der Waals surface area contributed by atoms with Crippen molar-refractivity contribution in [2.45, 2.75) is 27.2 Å². The molecule has 1 heterocycles. The predicted molar refractivity (Wildman–Crippen MR) is 92.1 cm³/mol. The van der Waals surface area contributed by atoms with Gasteiger partial charge in [-0.05, 0) is 37.5 Å². The molecule has 2 rings (SSSR count). The van der Waals surface area contributed by atoms with Crippen LogP contribution in [0.15, 0.2) is 34.8 Å². The molecule has 0 fully saturated rings. The number of hydrogen-bond donors (Lipinski definition) is 2. The zero-order valence-electron chi connectivity index (χ0n) is 12.7. The van der Waals surface area contributed by atoms with E-state index in [2.05, 4.69) is 50.4 Å². The highest BCUT2D eigenvalue weighted by atomic mass is 79.9. The molecule has 4 nitrogen and oxygen atoms in total. The first-order valence-corrected chi connectivity index (χ1v) is 7.94. The van der Waals surface area contributed by atoms with Crippen LogP contribution >= 0.6 is 15.9 Å². The number of halogens is 1. The van der Waals surface area contributed by atoms with Gasteiger partial charge in [0.2, 0.25) is 5.95 Å². The Morgan fingerprint density at radius 1 is 1.19 bits per heavy atom. The summed E-state index contributed by atoms with van der Waals surface area (Å²) in [5.74, 6) is 2.14. The Labute approximate surface area is 134 Å². The lowest BCUT2D eigenvalue weighted by molar-refractivity contribution is 0.606. The van der Waals surface area contributed by atoms with Crippen molar-refractivity contribution in [1.29, 1.82) is 0 Å². The second-order valence-corrected chi connectivity index (χ2v) is 6.38. The van der Waals surface area contributed by atoms with Crippen molar-refractivity contribution < 1.29 is 0 Å². The SMILES string of the molecule is Cc1cc(Nc2cccc(Br)c2)nc(NCCC(C)C)n1. The number of anilines is 3. The molecular weight excluding hydrogens is 328 g/mol. The van der Waals surface area contributed by atoms with Gasteiger partial charge in [0.25, 0.3) is 0 Å². The maximum Gasteiger partial charge on any atom is 0.224 e. The second-order valence-electron chi connectivity index (χ2n) is 5.46. The highest BCUT2D eigenvalue weighted by Gasteiger charge is 2.03. The molecule has 0 aliphatic heterocycles. The number of rotatable bonds is 6. The molecule has 0 saturated carbocycles. The van der Waals surface area contributed by atoms with Crippen LogP contribution in [0.5, 0.6) is 0 Å². The third-order valence-electron chi connectivity index (χ3n) is 2.96. The second kappa shape index (κ2) is 7.41. The Balaban J connectivity index is 2.07. The van der Waals surface area contributed by atoms with E-state index >= 15 is 0 Å². The van der Waals surface area contributed by atoms with Crippen molar-refractivity contribution in [3.63, 3.8) is 0 Å². The van der Waals surface area contributed by atoms with Crippen molar-refractivity contribution in [3.05, 3.63) is 40.5 Å². The van der Waals surface area contributed by atoms with Gasteiger partial charge in [-0.1, -0.05) is 35.8 Å². The minimum atomic E-state index is 0.668. The monoisotopic (exact) mass is 348 g/mol. The van der Waals surface area contributed by atoms with Gasteiger partial charge in [-0.2, -0.15) is 4.98 Å². The summed E-state index contributed by atoms with van der Waals surface area (Å²) in [6.45, 7) is 7.27. The highest BCUT2D eigenvalue weighted by Crippen LogP contribution is 2.20. The number of hydrogen-bond acceptors (Lipinski definition) is 4. The minimum Gasteiger partial charge on any atom is -0.354 e. The molecule has 0 bridgehead atoms. The summed E-state index contributed by atoms with van der Waals surface area (Å²) in [7, 11) is 0. The van der Waals surface area contributed by atoms with Gasteiger partial charge < -0.3 is 10.6 Å². The van der Waals surface area contributed by atoms with E-state index in [1.807, 2.05) is 37.3 Å². The van der Waals surface area contributed by atoms with Gasteiger partial charge in [0.15, 0.2) is 0 Å². The van der Waals surface area contributed by atoms with E-state index in [1.165, 1.54) is 0 Å². The standard InChI is InChI=1S/C16H21BrN4/c1-11(2)7-8-18-16-19-12(3)9-15(21-16)20-14-6-4-5-13(17)10-14/h4-6,9-11H,7-8H2,1-3H3,(H2,18,19,20,21). The third kappa shape index (κ3) is 5.34. The molecule has 1 aromatic carbocycles. The van der Waals surface area contributed by atoms with Crippen molar-refractivity contribution in [3.8, 4) is 0 Å². The molecule has 0 saturated heterocycles. The summed E-state index contributed by atoms with van der Waals surface area (Å²) in [4.78, 5) is 8.93. The summed E-state index contributed by atoms with van der Waals surface area (Å²) in [6, 6.07) is 9.95. The lowest BCUT2D eigenvalue weighted by atomic mass is 10.1. The average molecular weight is 349 g/mol. The van der Waals surface area contributed by atoms with E-state index < -0.39 is 0 Å². The molecule has 0 radical (unpaired) electrons. The number of nitrogens with zero attached hydrogens (tertiary/aromatic N) is 2. The highest BCUT2D eigenvalue weighted by molar-refractivity contribution is 9.10. The van der Waals surface area contributed by atoms with Crippen molar-refractivity contribution in [1.82, 2.24) is 9.97 Å². The predicted octanol–water partition coefficient (Wildman–Crippen LogP) is 4.75. The van der Waals surface area contributed by atoms with E-state index in [-0.39, 0.29) is 0 Å². The first-order chi connectivity index (χ1) is 10.0. The zero-order chi connectivity index (χ0) is 15.2. The van der Waals surface area contributed by atoms with Gasteiger partial charge in [0, 0.05) is 28.5 Å². The Kier molecular flexibility index (Phi) is 5.56. The van der Waals surface area contributed by atoms with Crippen LogP contribution in [0.25, 0.3) is 0 Å². The molecule has 0 spiro atoms. The van der Waals surface area contributed by atoms with Gasteiger partial charge in [-0.15, -0.1) is 0 Å². The molecular formula is C16H21BrN4. The number of nitrogens with one attached hydrogen (secondary N) is 2. The fourth-order valence-corrected chi connectivity index (χ4v) is 2.30. The Morgan fingerprint density at radius 2 is 2.00 bits per heavy atom. The van der Waals surface area contributed by atoms with Gasteiger partial charge in [-0.3, -0.25) is 0 Å². The van der Waals surface area contributed by atoms with Gasteiger partial charge in [-0.25, -0.2) is 4.98 Å². The topological polar surface area (TPSA) is 49.8 Å². The normalized spacial score (nSPS) is 10.7. The first-order valence-electron chi connectivity index (χ1n) is 7.15. The lowest BCUT2D eigenvalue weighted by Gasteiger charge is -2.11. The fourth-order valence-electron chi connectivity index (χ4n) is 1.90. The van der Waals surface area contributed by atoms with Crippen LogP contribution in [-0.4, -0.2) is 16.5 Å². The van der Waals surface area contributed by atoms with Crippen LogP contribution < -0.4 is 10.6 Å². The van der Waals surface area contributed by atoms with E-state index in [4.69, 9.17) is 0 Å². The molecule has 0 amide bonds. The van der Waals surface area contributed by atoms with Crippen molar-refractivity contribution in [2.24, 2.45) is 5.92 Å². The van der Waals surface area contributed by atoms with Crippen LogP contribution in [0.4, 0.5) is 17.5 Å². The van der Waals surface area contributed by atoms with Crippen molar-refractivity contribution in [2.75, 3.05) is 17.2 Å². The Hall–Kier alpha value is -1.62. The van der Waals surface area contributed by atoms with Crippen LogP contribution in [0, 0.1) is 12.8 Å². The van der Waals surface area contributed by atoms with Crippen LogP contribution in [0.2, 0.25) is 0 Å². The molecule has 0 aliphatic rings. The first kappa shape index (κ1) is 15.8. The maximum atomic E-state index is 4.51. The quantitative estimate of drug-likeness (QED) is 0.790. The number of aromatic nitrogens is 2. The van der Waals surface area contributed by atoms with E-state index in [1.54, 1.807) is 0 Å². The fraction of sp³-hybridized carbons (Fsp3) is 0.375. The van der Waals surface area contributed by atoms with Crippen molar-refractivity contribution >= 4 is 33.4 Å². The Bertz CT molecular complexity index is 599. The zero-order valence-corrected chi connectivity index (χ0v) is 14.2. The largest absolute Gasteiger partial charge is 0.354 e. The molecule has 112 valence electrons. The number of benzene rings is 1. The molecule has 5 heteroatoms. The van der Waals surface area contributed by atoms with Crippen LogP contribution in [0.3, 0.4) is 0 Å². The maximum absolute atomic E-state index is 4.51. The average Bonchev–Trinajstić information content (AvgIpc) is 2.37. The van der Waals surface area contributed by atoms with Gasteiger partial charge in [0.05, 0.1) is 0 Å². The smallest absolute Gasteiger partial charge is 0.224 e. The van der Waals surface area contributed by atoms with Gasteiger partial charge in [0.1, 0.15) is 5.82 Å². The van der Waals surface area contributed by atoms with Gasteiger partial charge >= 0.3 is 0 Å². The number of aryl methyl sites for hydroxylation is 1. The summed E-state index contributed by atoms with van der Waals surface area (Å²) >= 11 is 3.47. The van der Waals surface area contributed by atoms with Crippen LogP contribution in [0.1, 0.15) is 26.0 Å². The summed E-state index contributed by atoms with van der Waals surface area (Å²) < 4.78 is 1.04. The summed E-state index contributed by atoms with van der Waals surface area (Å²) in [5, 5.41) is 6.59. The molecule has 1 aromatic heterocycles. The molecule has 0 aliphatic carbocycles. The molecule has 21 heavy (non-hydrogen) atoms. The lowest BCUT2D eigenvalue weighted by Crippen LogP contribution is -2.09.